The molecule has 1 amide bonds. The summed E-state index contributed by atoms with van der Waals surface area (Å²) in [5.41, 5.74) is 1.18. The van der Waals surface area contributed by atoms with E-state index < -0.39 is 6.09 Å². The Labute approximate surface area is 146 Å². The van der Waals surface area contributed by atoms with Gasteiger partial charge < -0.3 is 14.7 Å². The summed E-state index contributed by atoms with van der Waals surface area (Å²) in [6, 6.07) is 15.2. The van der Waals surface area contributed by atoms with Crippen molar-refractivity contribution >= 4 is 17.7 Å². The largest absolute Gasteiger partial charge is 0.465 e. The van der Waals surface area contributed by atoms with Gasteiger partial charge in [0.1, 0.15) is 11.5 Å². The van der Waals surface area contributed by atoms with Crippen molar-refractivity contribution in [2.75, 3.05) is 26.2 Å². The minimum atomic E-state index is -0.835. The number of piperazine rings is 1. The van der Waals surface area contributed by atoms with Crippen LogP contribution in [0, 0.1) is 0 Å². The molecule has 0 radical (unpaired) electrons. The lowest BCUT2D eigenvalue weighted by atomic mass is 10.2. The van der Waals surface area contributed by atoms with Crippen LogP contribution in [-0.2, 0) is 6.54 Å². The van der Waals surface area contributed by atoms with Crippen molar-refractivity contribution in [2.45, 2.75) is 6.54 Å². The van der Waals surface area contributed by atoms with E-state index in [4.69, 9.17) is 21.4 Å². The summed E-state index contributed by atoms with van der Waals surface area (Å²) in [5, 5.41) is 9.65. The van der Waals surface area contributed by atoms with Gasteiger partial charge in [0.15, 0.2) is 0 Å². The van der Waals surface area contributed by atoms with Gasteiger partial charge in [0.25, 0.3) is 0 Å². The molecule has 0 aliphatic carbocycles. The molecule has 1 fully saturated rings. The van der Waals surface area contributed by atoms with Crippen LogP contribution in [0.25, 0.3) is 0 Å². The third-order valence-electron chi connectivity index (χ3n) is 4.02. The fourth-order valence-corrected chi connectivity index (χ4v) is 2.78. The standard InChI is InChI=1S/C18H19ClN2O3/c19-15-3-7-17(8-4-15)24-16-5-1-14(2-6-16)13-20-9-11-21(12-10-20)18(22)23/h1-8H,9-13H2,(H,22,23). The van der Waals surface area contributed by atoms with E-state index >= 15 is 0 Å². The first-order valence-electron chi connectivity index (χ1n) is 7.83. The minimum Gasteiger partial charge on any atom is -0.465 e. The molecule has 0 unspecified atom stereocenters. The summed E-state index contributed by atoms with van der Waals surface area (Å²) in [5.74, 6) is 1.52. The van der Waals surface area contributed by atoms with Crippen molar-refractivity contribution < 1.29 is 14.6 Å². The number of rotatable bonds is 4. The van der Waals surface area contributed by atoms with Gasteiger partial charge >= 0.3 is 6.09 Å². The number of carbonyl (C=O) groups is 1. The van der Waals surface area contributed by atoms with Crippen LogP contribution in [-0.4, -0.2) is 47.2 Å². The third kappa shape index (κ3) is 4.40. The lowest BCUT2D eigenvalue weighted by molar-refractivity contribution is 0.103. The molecule has 126 valence electrons. The van der Waals surface area contributed by atoms with E-state index in [1.165, 1.54) is 10.5 Å². The smallest absolute Gasteiger partial charge is 0.407 e. The molecule has 2 aromatic rings. The van der Waals surface area contributed by atoms with Gasteiger partial charge in [0.2, 0.25) is 0 Å². The zero-order chi connectivity index (χ0) is 16.9. The van der Waals surface area contributed by atoms with Gasteiger partial charge in [-0.05, 0) is 42.0 Å². The molecule has 0 atom stereocenters. The van der Waals surface area contributed by atoms with Crippen LogP contribution in [0.4, 0.5) is 4.79 Å². The Kier molecular flexibility index (Phi) is 5.23. The van der Waals surface area contributed by atoms with Crippen LogP contribution in [0.3, 0.4) is 0 Å². The van der Waals surface area contributed by atoms with Crippen LogP contribution in [0.5, 0.6) is 11.5 Å². The van der Waals surface area contributed by atoms with E-state index in [0.29, 0.717) is 18.1 Å². The number of nitrogens with zero attached hydrogens (tertiary/aromatic N) is 2. The van der Waals surface area contributed by atoms with Crippen molar-refractivity contribution in [2.24, 2.45) is 0 Å². The highest BCUT2D eigenvalue weighted by Gasteiger charge is 2.20. The van der Waals surface area contributed by atoms with Crippen molar-refractivity contribution in [3.63, 3.8) is 0 Å². The molecule has 6 heteroatoms. The number of halogens is 1. The van der Waals surface area contributed by atoms with E-state index in [1.54, 1.807) is 12.1 Å². The zero-order valence-corrected chi connectivity index (χ0v) is 13.9. The van der Waals surface area contributed by atoms with Crippen LogP contribution >= 0.6 is 11.6 Å². The SMILES string of the molecule is O=C(O)N1CCN(Cc2ccc(Oc3ccc(Cl)cc3)cc2)CC1. The Morgan fingerprint density at radius 1 is 0.958 bits per heavy atom. The molecule has 1 N–H and O–H groups in total. The second-order valence-electron chi connectivity index (χ2n) is 5.75. The van der Waals surface area contributed by atoms with E-state index in [9.17, 15) is 4.79 Å². The monoisotopic (exact) mass is 346 g/mol. The highest BCUT2D eigenvalue weighted by atomic mass is 35.5. The number of hydrogen-bond donors (Lipinski definition) is 1. The number of amides is 1. The fraction of sp³-hybridized carbons (Fsp3) is 0.278. The number of ether oxygens (including phenoxy) is 1. The van der Waals surface area contributed by atoms with Gasteiger partial charge in [-0.1, -0.05) is 23.7 Å². The molecule has 0 aromatic heterocycles. The maximum absolute atomic E-state index is 10.9. The normalized spacial score (nSPS) is 15.3. The molecule has 0 saturated carbocycles. The molecular formula is C18H19ClN2O3. The second-order valence-corrected chi connectivity index (χ2v) is 6.18. The molecule has 1 heterocycles. The molecule has 0 spiro atoms. The maximum Gasteiger partial charge on any atom is 0.407 e. The first kappa shape index (κ1) is 16.6. The topological polar surface area (TPSA) is 53.0 Å². The first-order valence-corrected chi connectivity index (χ1v) is 8.20. The molecule has 1 saturated heterocycles. The molecule has 1 aliphatic heterocycles. The maximum atomic E-state index is 10.9. The Morgan fingerprint density at radius 3 is 2.04 bits per heavy atom. The van der Waals surface area contributed by atoms with Crippen LogP contribution in [0.1, 0.15) is 5.56 Å². The average Bonchev–Trinajstić information content (AvgIpc) is 2.59. The van der Waals surface area contributed by atoms with E-state index in [-0.39, 0.29) is 0 Å². The fourth-order valence-electron chi connectivity index (χ4n) is 2.66. The van der Waals surface area contributed by atoms with Crippen LogP contribution in [0.2, 0.25) is 5.02 Å². The van der Waals surface area contributed by atoms with Crippen molar-refractivity contribution in [1.29, 1.82) is 0 Å². The molecular weight excluding hydrogens is 328 g/mol. The van der Waals surface area contributed by atoms with Gasteiger partial charge in [0, 0.05) is 37.7 Å². The lowest BCUT2D eigenvalue weighted by Crippen LogP contribution is -2.47. The summed E-state index contributed by atoms with van der Waals surface area (Å²) in [7, 11) is 0. The number of hydrogen-bond acceptors (Lipinski definition) is 3. The Balaban J connectivity index is 1.53. The quantitative estimate of drug-likeness (QED) is 0.911. The van der Waals surface area contributed by atoms with Gasteiger partial charge in [0.05, 0.1) is 0 Å². The minimum absolute atomic E-state index is 0.563. The molecule has 1 aliphatic rings. The highest BCUT2D eigenvalue weighted by molar-refractivity contribution is 6.30. The molecule has 2 aromatic carbocycles. The summed E-state index contributed by atoms with van der Waals surface area (Å²) < 4.78 is 5.77. The molecule has 24 heavy (non-hydrogen) atoms. The van der Waals surface area contributed by atoms with Crippen LogP contribution in [0.15, 0.2) is 48.5 Å². The Bertz CT molecular complexity index is 680. The van der Waals surface area contributed by atoms with Crippen molar-refractivity contribution in [3.8, 4) is 11.5 Å². The summed E-state index contributed by atoms with van der Waals surface area (Å²) in [6.45, 7) is 3.46. The molecule has 3 rings (SSSR count). The average molecular weight is 347 g/mol. The van der Waals surface area contributed by atoms with Gasteiger partial charge in [-0.15, -0.1) is 0 Å². The van der Waals surface area contributed by atoms with Crippen LogP contribution < -0.4 is 4.74 Å². The molecule has 5 nitrogen and oxygen atoms in total. The molecule has 0 bridgehead atoms. The Morgan fingerprint density at radius 2 is 1.50 bits per heavy atom. The summed E-state index contributed by atoms with van der Waals surface area (Å²) in [4.78, 5) is 14.6. The van der Waals surface area contributed by atoms with E-state index in [1.807, 2.05) is 36.4 Å². The van der Waals surface area contributed by atoms with Gasteiger partial charge in [-0.2, -0.15) is 0 Å². The predicted octanol–water partition coefficient (Wildman–Crippen LogP) is 3.93. The van der Waals surface area contributed by atoms with E-state index in [2.05, 4.69) is 4.90 Å². The van der Waals surface area contributed by atoms with Crippen molar-refractivity contribution in [1.82, 2.24) is 9.80 Å². The number of carboxylic acid groups (broad SMARTS) is 1. The summed E-state index contributed by atoms with van der Waals surface area (Å²) >= 11 is 5.86. The van der Waals surface area contributed by atoms with Crippen molar-refractivity contribution in [3.05, 3.63) is 59.1 Å². The lowest BCUT2D eigenvalue weighted by Gasteiger charge is -2.33. The highest BCUT2D eigenvalue weighted by Crippen LogP contribution is 2.23. The predicted molar refractivity (Wildman–Crippen MR) is 92.8 cm³/mol. The third-order valence-corrected chi connectivity index (χ3v) is 4.27. The first-order chi connectivity index (χ1) is 11.6. The van der Waals surface area contributed by atoms with E-state index in [0.717, 1.165) is 31.1 Å². The zero-order valence-electron chi connectivity index (χ0n) is 13.2. The van der Waals surface area contributed by atoms with Gasteiger partial charge in [-0.3, -0.25) is 4.90 Å². The van der Waals surface area contributed by atoms with Gasteiger partial charge in [-0.25, -0.2) is 4.79 Å². The second kappa shape index (κ2) is 7.55. The summed E-state index contributed by atoms with van der Waals surface area (Å²) in [6.07, 6.45) is -0.835. The Hall–Kier alpha value is -2.24. The number of benzene rings is 2.